The van der Waals surface area contributed by atoms with Crippen LogP contribution in [0.1, 0.15) is 12.0 Å². The van der Waals surface area contributed by atoms with Crippen LogP contribution < -0.4 is 9.64 Å². The van der Waals surface area contributed by atoms with E-state index in [1.54, 1.807) is 7.11 Å². The van der Waals surface area contributed by atoms with E-state index in [4.69, 9.17) is 4.74 Å². The lowest BCUT2D eigenvalue weighted by Gasteiger charge is -2.34. The minimum atomic E-state index is 0.807. The van der Waals surface area contributed by atoms with Gasteiger partial charge in [-0.15, -0.1) is 0 Å². The number of H-pyrrole nitrogens is 1. The molecule has 0 unspecified atom stereocenters. The summed E-state index contributed by atoms with van der Waals surface area (Å²) in [7, 11) is 1.69. The molecule has 0 amide bonds. The van der Waals surface area contributed by atoms with Crippen LogP contribution in [0.25, 0.3) is 22.0 Å². The number of nitrogens with zero attached hydrogens (tertiary/aromatic N) is 4. The van der Waals surface area contributed by atoms with Crippen molar-refractivity contribution >= 4 is 16.9 Å². The number of piperazine rings is 1. The van der Waals surface area contributed by atoms with Gasteiger partial charge in [0.05, 0.1) is 7.11 Å². The predicted octanol–water partition coefficient (Wildman–Crippen LogP) is 4.39. The third-order valence-electron chi connectivity index (χ3n) is 6.31. The Labute approximate surface area is 188 Å². The number of aromatic amines is 1. The molecule has 2 aromatic carbocycles. The van der Waals surface area contributed by atoms with Gasteiger partial charge >= 0.3 is 0 Å². The second-order valence-corrected chi connectivity index (χ2v) is 8.26. The van der Waals surface area contributed by atoms with E-state index in [2.05, 4.69) is 55.2 Å². The fourth-order valence-corrected chi connectivity index (χ4v) is 4.51. The van der Waals surface area contributed by atoms with Gasteiger partial charge in [-0.05, 0) is 37.1 Å². The molecule has 1 aliphatic heterocycles. The topological polar surface area (TPSA) is 57.3 Å². The van der Waals surface area contributed by atoms with E-state index in [1.807, 2.05) is 36.7 Å². The summed E-state index contributed by atoms with van der Waals surface area (Å²) in [6, 6.07) is 16.5. The molecule has 2 aromatic heterocycles. The van der Waals surface area contributed by atoms with Crippen molar-refractivity contribution < 1.29 is 4.74 Å². The number of para-hydroxylation sites is 2. The molecule has 0 atom stereocenters. The third-order valence-corrected chi connectivity index (χ3v) is 6.31. The summed E-state index contributed by atoms with van der Waals surface area (Å²) >= 11 is 0. The molecule has 0 aliphatic carbocycles. The monoisotopic (exact) mass is 427 g/mol. The molecule has 4 aromatic rings. The number of anilines is 1. The first kappa shape index (κ1) is 20.5. The molecule has 164 valence electrons. The number of ether oxygens (including phenoxy) is 1. The van der Waals surface area contributed by atoms with Crippen LogP contribution >= 0.6 is 0 Å². The standard InChI is InChI=1S/C26H29N5O/c1-32-25-11-5-3-9-23(25)21-18-28-26(29-19-21)31-15-13-30(14-16-31)12-6-7-20-17-27-24-10-4-2-8-22(20)24/h2-5,8-11,17-19,27H,6-7,12-16H2,1H3. The number of aryl methyl sites for hydroxylation is 1. The van der Waals surface area contributed by atoms with Gasteiger partial charge in [0.1, 0.15) is 5.75 Å². The van der Waals surface area contributed by atoms with E-state index in [-0.39, 0.29) is 0 Å². The van der Waals surface area contributed by atoms with Crippen LogP contribution in [0.2, 0.25) is 0 Å². The zero-order chi connectivity index (χ0) is 21.8. The van der Waals surface area contributed by atoms with Gasteiger partial charge in [0.2, 0.25) is 5.95 Å². The van der Waals surface area contributed by atoms with Gasteiger partial charge in [-0.3, -0.25) is 4.90 Å². The summed E-state index contributed by atoms with van der Waals surface area (Å²) in [5.74, 6) is 1.65. The molecule has 1 aliphatic rings. The van der Waals surface area contributed by atoms with E-state index < -0.39 is 0 Å². The van der Waals surface area contributed by atoms with Gasteiger partial charge in [0.25, 0.3) is 0 Å². The van der Waals surface area contributed by atoms with Gasteiger partial charge in [-0.2, -0.15) is 0 Å². The molecule has 1 saturated heterocycles. The van der Waals surface area contributed by atoms with Crippen LogP contribution in [0, 0.1) is 0 Å². The van der Waals surface area contributed by atoms with Crippen LogP contribution in [-0.2, 0) is 6.42 Å². The minimum Gasteiger partial charge on any atom is -0.496 e. The highest BCUT2D eigenvalue weighted by atomic mass is 16.5. The number of nitrogens with one attached hydrogen (secondary N) is 1. The molecule has 32 heavy (non-hydrogen) atoms. The quantitative estimate of drug-likeness (QED) is 0.474. The van der Waals surface area contributed by atoms with Gasteiger partial charge in [0.15, 0.2) is 0 Å². The zero-order valence-corrected chi connectivity index (χ0v) is 18.5. The van der Waals surface area contributed by atoms with Crippen molar-refractivity contribution in [3.8, 4) is 16.9 Å². The highest BCUT2D eigenvalue weighted by Crippen LogP contribution is 2.29. The van der Waals surface area contributed by atoms with Gasteiger partial charge in [-0.25, -0.2) is 9.97 Å². The van der Waals surface area contributed by atoms with Gasteiger partial charge in [0, 0.05) is 66.8 Å². The second kappa shape index (κ2) is 9.40. The summed E-state index contributed by atoms with van der Waals surface area (Å²) in [6.45, 7) is 5.14. The van der Waals surface area contributed by atoms with Crippen LogP contribution in [0.4, 0.5) is 5.95 Å². The largest absolute Gasteiger partial charge is 0.496 e. The van der Waals surface area contributed by atoms with E-state index in [1.165, 1.54) is 22.9 Å². The van der Waals surface area contributed by atoms with Crippen LogP contribution in [0.3, 0.4) is 0 Å². The normalized spacial score (nSPS) is 14.7. The first-order valence-electron chi connectivity index (χ1n) is 11.3. The molecule has 0 bridgehead atoms. The lowest BCUT2D eigenvalue weighted by Crippen LogP contribution is -2.47. The molecule has 6 nitrogen and oxygen atoms in total. The smallest absolute Gasteiger partial charge is 0.225 e. The molecule has 6 heteroatoms. The highest BCUT2D eigenvalue weighted by molar-refractivity contribution is 5.83. The van der Waals surface area contributed by atoms with Crippen molar-refractivity contribution in [2.24, 2.45) is 0 Å². The maximum atomic E-state index is 5.46. The lowest BCUT2D eigenvalue weighted by atomic mass is 10.1. The Morgan fingerprint density at radius 3 is 2.50 bits per heavy atom. The van der Waals surface area contributed by atoms with Crippen LogP contribution in [-0.4, -0.2) is 59.7 Å². The number of hydrogen-bond donors (Lipinski definition) is 1. The lowest BCUT2D eigenvalue weighted by molar-refractivity contribution is 0.254. The summed E-state index contributed by atoms with van der Waals surface area (Å²) < 4.78 is 5.46. The Bertz CT molecular complexity index is 1160. The molecule has 0 radical (unpaired) electrons. The second-order valence-electron chi connectivity index (χ2n) is 8.26. The molecular formula is C26H29N5O. The van der Waals surface area contributed by atoms with Crippen LogP contribution in [0.15, 0.2) is 67.1 Å². The Morgan fingerprint density at radius 1 is 0.938 bits per heavy atom. The number of benzene rings is 2. The SMILES string of the molecule is COc1ccccc1-c1cnc(N2CCN(CCCc3c[nH]c4ccccc34)CC2)nc1. The molecule has 1 fully saturated rings. The van der Waals surface area contributed by atoms with Gasteiger partial charge < -0.3 is 14.6 Å². The molecule has 0 saturated carbocycles. The van der Waals surface area contributed by atoms with Crippen molar-refractivity contribution in [2.75, 3.05) is 44.7 Å². The van der Waals surface area contributed by atoms with Crippen LogP contribution in [0.5, 0.6) is 5.75 Å². The number of rotatable bonds is 7. The average molecular weight is 428 g/mol. The number of hydrogen-bond acceptors (Lipinski definition) is 5. The van der Waals surface area contributed by atoms with Gasteiger partial charge in [-0.1, -0.05) is 36.4 Å². The maximum Gasteiger partial charge on any atom is 0.225 e. The maximum absolute atomic E-state index is 5.46. The number of fused-ring (bicyclic) bond motifs is 1. The summed E-state index contributed by atoms with van der Waals surface area (Å²) in [5.41, 5.74) is 4.64. The highest BCUT2D eigenvalue weighted by Gasteiger charge is 2.19. The minimum absolute atomic E-state index is 0.807. The number of methoxy groups -OCH3 is 1. The Kier molecular flexibility index (Phi) is 6.03. The Balaban J connectivity index is 1.13. The van der Waals surface area contributed by atoms with Crippen molar-refractivity contribution in [1.82, 2.24) is 19.9 Å². The Morgan fingerprint density at radius 2 is 1.69 bits per heavy atom. The van der Waals surface area contributed by atoms with E-state index in [9.17, 15) is 0 Å². The molecule has 5 rings (SSSR count). The summed E-state index contributed by atoms with van der Waals surface area (Å²) in [4.78, 5) is 17.5. The van der Waals surface area contributed by atoms with Crippen molar-refractivity contribution in [3.63, 3.8) is 0 Å². The average Bonchev–Trinajstić information content (AvgIpc) is 3.28. The Hall–Kier alpha value is -3.38. The number of aromatic nitrogens is 3. The van der Waals surface area contributed by atoms with Crippen molar-refractivity contribution in [3.05, 3.63) is 72.7 Å². The first-order chi connectivity index (χ1) is 15.8. The molecular weight excluding hydrogens is 398 g/mol. The third kappa shape index (κ3) is 4.32. The fourth-order valence-electron chi connectivity index (χ4n) is 4.51. The fraction of sp³-hybridized carbons (Fsp3) is 0.308. The molecule has 1 N–H and O–H groups in total. The molecule has 3 heterocycles. The predicted molar refractivity (Wildman–Crippen MR) is 129 cm³/mol. The van der Waals surface area contributed by atoms with E-state index >= 15 is 0 Å². The summed E-state index contributed by atoms with van der Waals surface area (Å²) in [5, 5.41) is 1.35. The van der Waals surface area contributed by atoms with Crippen molar-refractivity contribution in [1.29, 1.82) is 0 Å². The molecule has 0 spiro atoms. The summed E-state index contributed by atoms with van der Waals surface area (Å²) in [6.07, 6.45) is 8.24. The van der Waals surface area contributed by atoms with E-state index in [0.29, 0.717) is 0 Å². The first-order valence-corrected chi connectivity index (χ1v) is 11.3. The van der Waals surface area contributed by atoms with E-state index in [0.717, 1.165) is 62.0 Å². The zero-order valence-electron chi connectivity index (χ0n) is 18.5. The van der Waals surface area contributed by atoms with Crippen molar-refractivity contribution in [2.45, 2.75) is 12.8 Å².